The van der Waals surface area contributed by atoms with Crippen LogP contribution in [0.5, 0.6) is 0 Å². The van der Waals surface area contributed by atoms with Crippen LogP contribution < -0.4 is 11.5 Å². The van der Waals surface area contributed by atoms with Gasteiger partial charge in [-0.2, -0.15) is 11.8 Å². The molecule has 6 nitrogen and oxygen atoms in total. The maximum absolute atomic E-state index is 10.1. The molecule has 18 heavy (non-hydrogen) atoms. The molecule has 6 N–H and O–H groups in total. The first kappa shape index (κ1) is 20.1. The first-order valence-corrected chi connectivity index (χ1v) is 9.63. The van der Waals surface area contributed by atoms with Crippen molar-refractivity contribution >= 4 is 38.7 Å². The number of rotatable bonds is 8. The zero-order chi connectivity index (χ0) is 14.6. The van der Waals surface area contributed by atoms with Gasteiger partial charge in [0.25, 0.3) is 0 Å². The van der Waals surface area contributed by atoms with Crippen LogP contribution in [0.15, 0.2) is 0 Å². The summed E-state index contributed by atoms with van der Waals surface area (Å²) in [5, 5.41) is 17.5. The average molecular weight is 345 g/mol. The van der Waals surface area contributed by atoms with Crippen LogP contribution in [-0.2, 0) is 9.59 Å². The van der Waals surface area contributed by atoms with E-state index in [2.05, 4.69) is 5.82 Å². The predicted molar refractivity (Wildman–Crippen MR) is 75.3 cm³/mol. The van der Waals surface area contributed by atoms with Crippen LogP contribution in [0, 0.1) is 0 Å². The number of thioether (sulfide) groups is 1. The molecule has 0 bridgehead atoms. The molecule has 0 fully saturated rings. The van der Waals surface area contributed by atoms with Gasteiger partial charge in [-0.25, -0.2) is 0 Å². The number of carboxylic acid groups (broad SMARTS) is 2. The van der Waals surface area contributed by atoms with Crippen molar-refractivity contribution in [3.05, 3.63) is 0 Å². The summed E-state index contributed by atoms with van der Waals surface area (Å²) in [5.74, 6) is 1.08. The predicted octanol–water partition coefficient (Wildman–Crippen LogP) is 0.110. The van der Waals surface area contributed by atoms with Gasteiger partial charge in [0.2, 0.25) is 0 Å². The van der Waals surface area contributed by atoms with Crippen LogP contribution in [0.1, 0.15) is 12.8 Å². The molecule has 8 heteroatoms. The molecule has 0 amide bonds. The molecule has 0 heterocycles. The molecule has 0 aromatic rings. The van der Waals surface area contributed by atoms with Crippen molar-refractivity contribution in [1.29, 1.82) is 0 Å². The minimum absolute atomic E-state index is 0.549. The Morgan fingerprint density at radius 1 is 1.17 bits per heavy atom. The van der Waals surface area contributed by atoms with E-state index >= 15 is 0 Å². The molecule has 0 aromatic carbocycles. The average Bonchev–Trinajstić information content (AvgIpc) is 2.33. The molecular formula is C10H22N2O4SSe. The molecule has 2 atom stereocenters. The Balaban J connectivity index is 0. The monoisotopic (exact) mass is 346 g/mol. The van der Waals surface area contributed by atoms with Gasteiger partial charge in [-0.3, -0.25) is 4.79 Å². The molecular weight excluding hydrogens is 323 g/mol. The third-order valence-corrected chi connectivity index (χ3v) is 3.90. The van der Waals surface area contributed by atoms with Gasteiger partial charge in [0.1, 0.15) is 6.04 Å². The van der Waals surface area contributed by atoms with Crippen molar-refractivity contribution in [3.63, 3.8) is 0 Å². The second-order valence-electron chi connectivity index (χ2n) is 3.45. The Morgan fingerprint density at radius 3 is 1.94 bits per heavy atom. The number of aliphatic carboxylic acids is 2. The van der Waals surface area contributed by atoms with E-state index in [0.717, 1.165) is 11.1 Å². The Bertz CT molecular complexity index is 220. The van der Waals surface area contributed by atoms with E-state index in [1.807, 2.05) is 6.26 Å². The summed E-state index contributed by atoms with van der Waals surface area (Å²) in [6, 6.07) is -1.33. The van der Waals surface area contributed by atoms with Crippen LogP contribution in [0.2, 0.25) is 11.1 Å². The maximum atomic E-state index is 10.1. The third kappa shape index (κ3) is 13.8. The fraction of sp³-hybridized carbons (Fsp3) is 0.800. The summed E-state index contributed by atoms with van der Waals surface area (Å²) in [6.07, 6.45) is 3.09. The molecule has 0 saturated heterocycles. The topological polar surface area (TPSA) is 127 Å². The van der Waals surface area contributed by atoms with E-state index in [-0.39, 0.29) is 0 Å². The van der Waals surface area contributed by atoms with Gasteiger partial charge in [0.05, 0.1) is 0 Å². The fourth-order valence-corrected chi connectivity index (χ4v) is 2.25. The van der Waals surface area contributed by atoms with Crippen molar-refractivity contribution in [2.45, 2.75) is 36.1 Å². The van der Waals surface area contributed by atoms with Gasteiger partial charge in [-0.05, 0) is 18.4 Å². The number of hydrogen-bond acceptors (Lipinski definition) is 5. The van der Waals surface area contributed by atoms with E-state index in [1.54, 1.807) is 11.8 Å². The van der Waals surface area contributed by atoms with E-state index in [0.29, 0.717) is 27.8 Å². The molecule has 0 rings (SSSR count). The summed E-state index contributed by atoms with van der Waals surface area (Å²) in [4.78, 5) is 20.2. The van der Waals surface area contributed by atoms with E-state index in [1.165, 1.54) is 0 Å². The van der Waals surface area contributed by atoms with Crippen LogP contribution in [0.4, 0.5) is 0 Å². The quantitative estimate of drug-likeness (QED) is 0.460. The van der Waals surface area contributed by atoms with Crippen LogP contribution >= 0.6 is 11.8 Å². The van der Waals surface area contributed by atoms with E-state index < -0.39 is 24.0 Å². The molecule has 0 radical (unpaired) electrons. The van der Waals surface area contributed by atoms with E-state index in [9.17, 15) is 9.59 Å². The molecule has 0 aliphatic heterocycles. The first-order chi connectivity index (χ1) is 8.36. The zero-order valence-corrected chi connectivity index (χ0v) is 13.2. The van der Waals surface area contributed by atoms with Gasteiger partial charge in [0.15, 0.2) is 0 Å². The van der Waals surface area contributed by atoms with Crippen molar-refractivity contribution in [3.8, 4) is 0 Å². The molecule has 2 unspecified atom stereocenters. The Labute approximate surface area is 118 Å². The van der Waals surface area contributed by atoms with Gasteiger partial charge < -0.3 is 10.8 Å². The van der Waals surface area contributed by atoms with Crippen LogP contribution in [-0.4, -0.2) is 61.2 Å². The molecule has 0 saturated carbocycles. The Morgan fingerprint density at radius 2 is 1.61 bits per heavy atom. The van der Waals surface area contributed by atoms with Gasteiger partial charge in [-0.1, -0.05) is 0 Å². The molecule has 0 aromatic heterocycles. The Kier molecular flexibility index (Phi) is 14.7. The van der Waals surface area contributed by atoms with Gasteiger partial charge >= 0.3 is 66.1 Å². The second-order valence-corrected chi connectivity index (χ2v) is 6.51. The molecule has 0 aliphatic rings. The van der Waals surface area contributed by atoms with Gasteiger partial charge in [-0.15, -0.1) is 0 Å². The van der Waals surface area contributed by atoms with Crippen LogP contribution in [0.3, 0.4) is 0 Å². The van der Waals surface area contributed by atoms with Crippen molar-refractivity contribution in [1.82, 2.24) is 0 Å². The zero-order valence-electron chi connectivity index (χ0n) is 10.7. The van der Waals surface area contributed by atoms with Crippen molar-refractivity contribution in [2.75, 3.05) is 12.0 Å². The first-order valence-electron chi connectivity index (χ1n) is 5.31. The SMILES string of the molecule is CSCCC(N)C(=O)O.C[Se]CCC(N)C(=O)O. The molecule has 0 aliphatic carbocycles. The number of carbonyl (C=O) groups is 2. The summed E-state index contributed by atoms with van der Waals surface area (Å²) < 4.78 is 0. The number of nitrogens with two attached hydrogens (primary N) is 2. The van der Waals surface area contributed by atoms with Crippen molar-refractivity contribution in [2.24, 2.45) is 11.5 Å². The fourth-order valence-electron chi connectivity index (χ4n) is 0.737. The summed E-state index contributed by atoms with van der Waals surface area (Å²) >= 11 is 2.15. The standard InChI is InChI=1S/C5H11NO2S.C5H11NO2Se/c2*1-9-3-2-4(6)5(7)8/h2*4H,2-3,6H2,1H3,(H,7,8). The van der Waals surface area contributed by atoms with Crippen molar-refractivity contribution < 1.29 is 19.8 Å². The molecule has 0 spiro atoms. The number of hydrogen-bond donors (Lipinski definition) is 4. The third-order valence-electron chi connectivity index (χ3n) is 1.90. The molecule has 108 valence electrons. The minimum atomic E-state index is -0.913. The second kappa shape index (κ2) is 13.2. The van der Waals surface area contributed by atoms with E-state index in [4.69, 9.17) is 21.7 Å². The summed E-state index contributed by atoms with van der Waals surface area (Å²) in [6.45, 7) is 0. The van der Waals surface area contributed by atoms with Crippen LogP contribution in [0.25, 0.3) is 0 Å². The normalized spacial score (nSPS) is 13.1. The Hall–Kier alpha value is -0.271. The number of carboxylic acids is 2. The summed E-state index contributed by atoms with van der Waals surface area (Å²) in [5.41, 5.74) is 10.4. The summed E-state index contributed by atoms with van der Waals surface area (Å²) in [7, 11) is 0. The van der Waals surface area contributed by atoms with Gasteiger partial charge in [0, 0.05) is 0 Å².